The van der Waals surface area contributed by atoms with Gasteiger partial charge in [0.2, 0.25) is 0 Å². The lowest BCUT2D eigenvalue weighted by Gasteiger charge is -2.29. The van der Waals surface area contributed by atoms with E-state index in [1.807, 2.05) is 18.2 Å². The van der Waals surface area contributed by atoms with E-state index in [0.717, 1.165) is 23.5 Å². The van der Waals surface area contributed by atoms with Crippen LogP contribution < -0.4 is 0 Å². The van der Waals surface area contributed by atoms with E-state index in [9.17, 15) is 13.2 Å². The zero-order chi connectivity index (χ0) is 22.0. The SMILES string of the molecule is COC(=O)c1c(S(=O)(=O)N2CCOCC2)sc2c1CCN(CC(C)c1ccccc1)C2. The molecular formula is C22H28N2O5S2. The Bertz CT molecular complexity index is 1030. The van der Waals surface area contributed by atoms with Crippen molar-refractivity contribution in [2.75, 3.05) is 46.5 Å². The normalized spacial score (nSPS) is 19.0. The summed E-state index contributed by atoms with van der Waals surface area (Å²) in [7, 11) is -2.47. The highest BCUT2D eigenvalue weighted by atomic mass is 32.2. The predicted molar refractivity (Wildman–Crippen MR) is 119 cm³/mol. The fourth-order valence-corrected chi connectivity index (χ4v) is 7.73. The number of carbonyl (C=O) groups excluding carboxylic acids is 1. The van der Waals surface area contributed by atoms with Crippen molar-refractivity contribution in [3.05, 3.63) is 51.9 Å². The van der Waals surface area contributed by atoms with Crippen molar-refractivity contribution in [1.29, 1.82) is 0 Å². The number of sulfonamides is 1. The van der Waals surface area contributed by atoms with E-state index >= 15 is 0 Å². The Morgan fingerprint density at radius 1 is 1.19 bits per heavy atom. The minimum atomic E-state index is -3.77. The first-order valence-corrected chi connectivity index (χ1v) is 12.8. The van der Waals surface area contributed by atoms with E-state index < -0.39 is 16.0 Å². The van der Waals surface area contributed by atoms with Gasteiger partial charge in [-0.05, 0) is 23.5 Å². The first kappa shape index (κ1) is 22.4. The molecule has 1 unspecified atom stereocenters. The highest BCUT2D eigenvalue weighted by molar-refractivity contribution is 7.91. The number of fused-ring (bicyclic) bond motifs is 1. The Labute approximate surface area is 187 Å². The van der Waals surface area contributed by atoms with Gasteiger partial charge in [0.1, 0.15) is 4.21 Å². The fraction of sp³-hybridized carbons (Fsp3) is 0.500. The Kier molecular flexibility index (Phi) is 6.78. The van der Waals surface area contributed by atoms with Crippen molar-refractivity contribution in [3.63, 3.8) is 0 Å². The van der Waals surface area contributed by atoms with Crippen LogP contribution >= 0.6 is 11.3 Å². The van der Waals surface area contributed by atoms with E-state index in [1.165, 1.54) is 28.3 Å². The van der Waals surface area contributed by atoms with E-state index in [0.29, 0.717) is 45.2 Å². The molecule has 1 atom stereocenters. The molecule has 3 heterocycles. The largest absolute Gasteiger partial charge is 0.465 e. The van der Waals surface area contributed by atoms with Crippen LogP contribution in [0.3, 0.4) is 0 Å². The fourth-order valence-electron chi connectivity index (χ4n) is 4.26. The van der Waals surface area contributed by atoms with Crippen molar-refractivity contribution in [3.8, 4) is 0 Å². The summed E-state index contributed by atoms with van der Waals surface area (Å²) in [5.74, 6) is -0.213. The molecule has 0 amide bonds. The third-order valence-electron chi connectivity index (χ3n) is 5.94. The number of ether oxygens (including phenoxy) is 2. The molecule has 4 rings (SSSR count). The number of rotatable bonds is 6. The standard InChI is InChI=1S/C22H28N2O5S2/c1-16(17-6-4-3-5-7-17)14-23-9-8-18-19(15-23)30-22(20(18)21(25)28-2)31(26,27)24-10-12-29-13-11-24/h3-7,16H,8-15H2,1-2H3. The van der Waals surface area contributed by atoms with Gasteiger partial charge in [0.15, 0.2) is 0 Å². The summed E-state index contributed by atoms with van der Waals surface area (Å²) in [4.78, 5) is 15.9. The summed E-state index contributed by atoms with van der Waals surface area (Å²) in [5.41, 5.74) is 2.34. The van der Waals surface area contributed by atoms with Gasteiger partial charge in [-0.1, -0.05) is 37.3 Å². The molecule has 0 spiro atoms. The first-order chi connectivity index (χ1) is 14.9. The quantitative estimate of drug-likeness (QED) is 0.612. The highest BCUT2D eigenvalue weighted by Gasteiger charge is 2.37. The Balaban J connectivity index is 1.61. The summed E-state index contributed by atoms with van der Waals surface area (Å²) in [6, 6.07) is 10.4. The molecule has 0 radical (unpaired) electrons. The molecular weight excluding hydrogens is 436 g/mol. The molecule has 0 aliphatic carbocycles. The van der Waals surface area contributed by atoms with Gasteiger partial charge in [-0.25, -0.2) is 13.2 Å². The molecule has 2 aliphatic heterocycles. The Hall–Kier alpha value is -1.78. The monoisotopic (exact) mass is 464 g/mol. The van der Waals surface area contributed by atoms with Crippen LogP contribution in [-0.4, -0.2) is 70.1 Å². The number of hydrogen-bond donors (Lipinski definition) is 0. The van der Waals surface area contributed by atoms with Crippen molar-refractivity contribution in [1.82, 2.24) is 9.21 Å². The third kappa shape index (κ3) is 4.56. The zero-order valence-electron chi connectivity index (χ0n) is 17.9. The molecule has 0 N–H and O–H groups in total. The number of nitrogens with zero attached hydrogens (tertiary/aromatic N) is 2. The predicted octanol–water partition coefficient (Wildman–Crippen LogP) is 2.72. The summed E-state index contributed by atoms with van der Waals surface area (Å²) >= 11 is 1.22. The van der Waals surface area contributed by atoms with Crippen LogP contribution in [0.5, 0.6) is 0 Å². The topological polar surface area (TPSA) is 76.2 Å². The summed E-state index contributed by atoms with van der Waals surface area (Å²) in [5, 5.41) is 0. The average molecular weight is 465 g/mol. The number of carbonyl (C=O) groups is 1. The number of morpholine rings is 1. The summed E-state index contributed by atoms with van der Waals surface area (Å²) in [6.45, 7) is 5.82. The molecule has 1 fully saturated rings. The third-order valence-corrected chi connectivity index (χ3v) is 9.55. The van der Waals surface area contributed by atoms with Gasteiger partial charge in [0.25, 0.3) is 10.0 Å². The van der Waals surface area contributed by atoms with Gasteiger partial charge in [0, 0.05) is 37.6 Å². The average Bonchev–Trinajstić information content (AvgIpc) is 3.19. The second kappa shape index (κ2) is 9.38. The lowest BCUT2D eigenvalue weighted by Crippen LogP contribution is -2.40. The maximum Gasteiger partial charge on any atom is 0.340 e. The second-order valence-corrected chi connectivity index (χ2v) is 11.2. The molecule has 0 bridgehead atoms. The lowest BCUT2D eigenvalue weighted by molar-refractivity contribution is 0.0594. The molecule has 0 saturated carbocycles. The van der Waals surface area contributed by atoms with Crippen LogP contribution in [0.25, 0.3) is 0 Å². The number of benzene rings is 1. The summed E-state index contributed by atoms with van der Waals surface area (Å²) < 4.78 is 38.5. The molecule has 7 nitrogen and oxygen atoms in total. The van der Waals surface area contributed by atoms with Crippen LogP contribution in [0.1, 0.15) is 39.2 Å². The Morgan fingerprint density at radius 3 is 2.58 bits per heavy atom. The highest BCUT2D eigenvalue weighted by Crippen LogP contribution is 2.38. The lowest BCUT2D eigenvalue weighted by atomic mass is 9.98. The van der Waals surface area contributed by atoms with Crippen molar-refractivity contribution >= 4 is 27.3 Å². The van der Waals surface area contributed by atoms with E-state index in [-0.39, 0.29) is 9.77 Å². The molecule has 168 valence electrons. The van der Waals surface area contributed by atoms with Crippen molar-refractivity contribution < 1.29 is 22.7 Å². The number of esters is 1. The first-order valence-electron chi connectivity index (χ1n) is 10.5. The Morgan fingerprint density at radius 2 is 1.90 bits per heavy atom. The molecule has 2 aromatic rings. The molecule has 1 saturated heterocycles. The van der Waals surface area contributed by atoms with Crippen LogP contribution in [0.4, 0.5) is 0 Å². The van der Waals surface area contributed by atoms with Gasteiger partial charge < -0.3 is 9.47 Å². The van der Waals surface area contributed by atoms with E-state index in [2.05, 4.69) is 24.0 Å². The van der Waals surface area contributed by atoms with E-state index in [1.54, 1.807) is 0 Å². The number of thiophene rings is 1. The second-order valence-electron chi connectivity index (χ2n) is 7.97. The van der Waals surface area contributed by atoms with Crippen molar-refractivity contribution in [2.24, 2.45) is 0 Å². The molecule has 1 aromatic carbocycles. The van der Waals surface area contributed by atoms with Gasteiger partial charge in [0.05, 0.1) is 25.9 Å². The minimum Gasteiger partial charge on any atom is -0.465 e. The van der Waals surface area contributed by atoms with Crippen LogP contribution in [0.15, 0.2) is 34.5 Å². The number of hydrogen-bond acceptors (Lipinski definition) is 7. The molecule has 1 aromatic heterocycles. The van der Waals surface area contributed by atoms with Crippen LogP contribution in [-0.2, 0) is 32.5 Å². The molecule has 31 heavy (non-hydrogen) atoms. The van der Waals surface area contributed by atoms with Gasteiger partial charge >= 0.3 is 5.97 Å². The zero-order valence-corrected chi connectivity index (χ0v) is 19.5. The smallest absolute Gasteiger partial charge is 0.340 e. The molecule has 2 aliphatic rings. The summed E-state index contributed by atoms with van der Waals surface area (Å²) in [6.07, 6.45) is 0.635. The maximum atomic E-state index is 13.3. The molecule has 9 heteroatoms. The minimum absolute atomic E-state index is 0.115. The number of methoxy groups -OCH3 is 1. The van der Waals surface area contributed by atoms with Crippen LogP contribution in [0.2, 0.25) is 0 Å². The van der Waals surface area contributed by atoms with Gasteiger partial charge in [-0.3, -0.25) is 4.90 Å². The van der Waals surface area contributed by atoms with Crippen molar-refractivity contribution in [2.45, 2.75) is 30.0 Å². The van der Waals surface area contributed by atoms with Gasteiger partial charge in [-0.2, -0.15) is 4.31 Å². The van der Waals surface area contributed by atoms with E-state index in [4.69, 9.17) is 9.47 Å². The maximum absolute atomic E-state index is 13.3. The van der Waals surface area contributed by atoms with Gasteiger partial charge in [-0.15, -0.1) is 11.3 Å². The van der Waals surface area contributed by atoms with Crippen LogP contribution in [0, 0.1) is 0 Å².